The molecular formula is C9H16N2S. The van der Waals surface area contributed by atoms with Gasteiger partial charge >= 0.3 is 0 Å². The maximum atomic E-state index is 6.01. The molecule has 2 atom stereocenters. The maximum Gasteiger partial charge on any atom is 0.0795 e. The summed E-state index contributed by atoms with van der Waals surface area (Å²) in [6.07, 6.45) is 2.37. The molecule has 1 aromatic rings. The standard InChI is InChI=1S/C9H16N2S/c1-3-4-7(2)9(10)8-5-12-6-11-8/h5-7,9H,3-4,10H2,1-2H3. The minimum Gasteiger partial charge on any atom is -0.322 e. The van der Waals surface area contributed by atoms with Crippen LogP contribution in [0.2, 0.25) is 0 Å². The van der Waals surface area contributed by atoms with Crippen LogP contribution in [-0.2, 0) is 0 Å². The first-order valence-corrected chi connectivity index (χ1v) is 5.33. The fourth-order valence-electron chi connectivity index (χ4n) is 1.31. The number of rotatable bonds is 4. The van der Waals surface area contributed by atoms with E-state index in [-0.39, 0.29) is 6.04 Å². The van der Waals surface area contributed by atoms with Crippen molar-refractivity contribution in [3.05, 3.63) is 16.6 Å². The van der Waals surface area contributed by atoms with Gasteiger partial charge in [-0.15, -0.1) is 11.3 Å². The van der Waals surface area contributed by atoms with Crippen molar-refractivity contribution in [2.45, 2.75) is 32.7 Å². The summed E-state index contributed by atoms with van der Waals surface area (Å²) in [5.41, 5.74) is 8.90. The molecule has 1 aromatic heterocycles. The molecule has 0 aliphatic heterocycles. The van der Waals surface area contributed by atoms with E-state index in [1.807, 2.05) is 10.9 Å². The predicted octanol–water partition coefficient (Wildman–Crippen LogP) is 2.58. The van der Waals surface area contributed by atoms with E-state index in [9.17, 15) is 0 Å². The van der Waals surface area contributed by atoms with E-state index in [0.29, 0.717) is 5.92 Å². The second-order valence-corrected chi connectivity index (χ2v) is 3.92. The predicted molar refractivity (Wildman–Crippen MR) is 53.1 cm³/mol. The molecule has 1 heterocycles. The number of hydrogen-bond acceptors (Lipinski definition) is 3. The molecule has 0 amide bonds. The van der Waals surface area contributed by atoms with Gasteiger partial charge in [-0.3, -0.25) is 0 Å². The molecule has 68 valence electrons. The first-order valence-electron chi connectivity index (χ1n) is 4.39. The minimum atomic E-state index is 0.121. The Balaban J connectivity index is 2.53. The van der Waals surface area contributed by atoms with E-state index in [1.165, 1.54) is 12.8 Å². The topological polar surface area (TPSA) is 38.9 Å². The monoisotopic (exact) mass is 184 g/mol. The molecule has 2 nitrogen and oxygen atoms in total. The van der Waals surface area contributed by atoms with Crippen molar-refractivity contribution in [2.75, 3.05) is 0 Å². The highest BCUT2D eigenvalue weighted by Crippen LogP contribution is 2.22. The molecule has 3 heteroatoms. The molecule has 0 aliphatic rings. The molecule has 0 bridgehead atoms. The quantitative estimate of drug-likeness (QED) is 0.781. The van der Waals surface area contributed by atoms with Crippen LogP contribution in [0.4, 0.5) is 0 Å². The summed E-state index contributed by atoms with van der Waals surface area (Å²) >= 11 is 1.61. The smallest absolute Gasteiger partial charge is 0.0795 e. The highest BCUT2D eigenvalue weighted by molar-refractivity contribution is 7.07. The Morgan fingerprint density at radius 2 is 2.42 bits per heavy atom. The largest absolute Gasteiger partial charge is 0.322 e. The van der Waals surface area contributed by atoms with Gasteiger partial charge in [-0.2, -0.15) is 0 Å². The zero-order valence-corrected chi connectivity index (χ0v) is 8.47. The average molecular weight is 184 g/mol. The van der Waals surface area contributed by atoms with E-state index < -0.39 is 0 Å². The lowest BCUT2D eigenvalue weighted by atomic mass is 9.96. The molecule has 0 radical (unpaired) electrons. The maximum absolute atomic E-state index is 6.01. The Hall–Kier alpha value is -0.410. The van der Waals surface area contributed by atoms with Crippen molar-refractivity contribution in [1.29, 1.82) is 0 Å². The van der Waals surface area contributed by atoms with Crippen molar-refractivity contribution in [3.63, 3.8) is 0 Å². The summed E-state index contributed by atoms with van der Waals surface area (Å²) in [6.45, 7) is 4.37. The Labute approximate surface area is 77.8 Å². The minimum absolute atomic E-state index is 0.121. The van der Waals surface area contributed by atoms with Gasteiger partial charge in [-0.1, -0.05) is 20.3 Å². The number of nitrogens with zero attached hydrogens (tertiary/aromatic N) is 1. The number of hydrogen-bond donors (Lipinski definition) is 1. The van der Waals surface area contributed by atoms with Crippen molar-refractivity contribution < 1.29 is 0 Å². The van der Waals surface area contributed by atoms with E-state index in [1.54, 1.807) is 11.3 Å². The van der Waals surface area contributed by atoms with Crippen molar-refractivity contribution in [3.8, 4) is 0 Å². The van der Waals surface area contributed by atoms with Gasteiger partial charge in [0, 0.05) is 5.38 Å². The molecule has 2 unspecified atom stereocenters. The summed E-state index contributed by atoms with van der Waals surface area (Å²) in [6, 6.07) is 0.121. The van der Waals surface area contributed by atoms with Gasteiger partial charge in [0.15, 0.2) is 0 Å². The molecule has 0 saturated carbocycles. The molecular weight excluding hydrogens is 168 g/mol. The lowest BCUT2D eigenvalue weighted by molar-refractivity contribution is 0.428. The molecule has 1 rings (SSSR count). The molecule has 0 aromatic carbocycles. The summed E-state index contributed by atoms with van der Waals surface area (Å²) in [5, 5.41) is 2.04. The van der Waals surface area contributed by atoms with Gasteiger partial charge in [0.1, 0.15) is 0 Å². The van der Waals surface area contributed by atoms with Crippen molar-refractivity contribution in [2.24, 2.45) is 11.7 Å². The Morgan fingerprint density at radius 1 is 1.67 bits per heavy atom. The van der Waals surface area contributed by atoms with Crippen LogP contribution in [0.15, 0.2) is 10.9 Å². The van der Waals surface area contributed by atoms with Crippen LogP contribution in [0.1, 0.15) is 38.4 Å². The summed E-state index contributed by atoms with van der Waals surface area (Å²) < 4.78 is 0. The van der Waals surface area contributed by atoms with Gasteiger partial charge in [0.25, 0.3) is 0 Å². The van der Waals surface area contributed by atoms with Crippen molar-refractivity contribution in [1.82, 2.24) is 4.98 Å². The SMILES string of the molecule is CCCC(C)C(N)c1cscn1. The Morgan fingerprint density at radius 3 is 2.92 bits per heavy atom. The first kappa shape index (κ1) is 9.68. The zero-order chi connectivity index (χ0) is 8.97. The van der Waals surface area contributed by atoms with Crippen LogP contribution in [0.3, 0.4) is 0 Å². The van der Waals surface area contributed by atoms with Gasteiger partial charge < -0.3 is 5.73 Å². The Bertz CT molecular complexity index is 208. The molecule has 12 heavy (non-hydrogen) atoms. The van der Waals surface area contributed by atoms with E-state index in [2.05, 4.69) is 18.8 Å². The van der Waals surface area contributed by atoms with Gasteiger partial charge in [-0.05, 0) is 12.3 Å². The number of thiazole rings is 1. The fourth-order valence-corrected chi connectivity index (χ4v) is 1.91. The zero-order valence-electron chi connectivity index (χ0n) is 7.66. The average Bonchev–Trinajstić information content (AvgIpc) is 2.55. The Kier molecular flexibility index (Phi) is 3.69. The van der Waals surface area contributed by atoms with E-state index in [4.69, 9.17) is 5.73 Å². The molecule has 2 N–H and O–H groups in total. The summed E-state index contributed by atoms with van der Waals surface area (Å²) in [7, 11) is 0. The van der Waals surface area contributed by atoms with E-state index in [0.717, 1.165) is 5.69 Å². The number of nitrogens with two attached hydrogens (primary N) is 1. The first-order chi connectivity index (χ1) is 5.75. The van der Waals surface area contributed by atoms with Crippen LogP contribution in [0, 0.1) is 5.92 Å². The molecule has 0 aliphatic carbocycles. The molecule has 0 fully saturated rings. The van der Waals surface area contributed by atoms with Gasteiger partial charge in [0.2, 0.25) is 0 Å². The summed E-state index contributed by atoms with van der Waals surface area (Å²) in [4.78, 5) is 4.21. The third-order valence-corrected chi connectivity index (χ3v) is 2.75. The van der Waals surface area contributed by atoms with Crippen molar-refractivity contribution >= 4 is 11.3 Å². The fraction of sp³-hybridized carbons (Fsp3) is 0.667. The lowest BCUT2D eigenvalue weighted by Gasteiger charge is -2.16. The second kappa shape index (κ2) is 4.58. The van der Waals surface area contributed by atoms with Crippen LogP contribution in [0.25, 0.3) is 0 Å². The second-order valence-electron chi connectivity index (χ2n) is 3.21. The molecule has 0 saturated heterocycles. The van der Waals surface area contributed by atoms with Crippen LogP contribution in [0.5, 0.6) is 0 Å². The van der Waals surface area contributed by atoms with Gasteiger partial charge in [0.05, 0.1) is 17.2 Å². The third kappa shape index (κ3) is 2.29. The summed E-state index contributed by atoms with van der Waals surface area (Å²) in [5.74, 6) is 0.539. The van der Waals surface area contributed by atoms with Crippen LogP contribution < -0.4 is 5.73 Å². The highest BCUT2D eigenvalue weighted by atomic mass is 32.1. The third-order valence-electron chi connectivity index (χ3n) is 2.15. The van der Waals surface area contributed by atoms with Gasteiger partial charge in [-0.25, -0.2) is 4.98 Å². The normalized spacial score (nSPS) is 15.9. The van der Waals surface area contributed by atoms with Crippen LogP contribution >= 0.6 is 11.3 Å². The van der Waals surface area contributed by atoms with E-state index >= 15 is 0 Å². The lowest BCUT2D eigenvalue weighted by Crippen LogP contribution is -2.19. The van der Waals surface area contributed by atoms with Crippen LogP contribution in [-0.4, -0.2) is 4.98 Å². The highest BCUT2D eigenvalue weighted by Gasteiger charge is 2.14. The molecule has 0 spiro atoms. The number of aromatic nitrogens is 1.